The van der Waals surface area contributed by atoms with Crippen LogP contribution in [-0.2, 0) is 9.59 Å². The SMILES string of the molecule is CC(C)C(N)C(=O)N1CCCC1.O=CNc1nc2ccc(OC(F)(F)F)cc2s1. The van der Waals surface area contributed by atoms with E-state index < -0.39 is 6.36 Å². The molecule has 11 heteroatoms. The van der Waals surface area contributed by atoms with E-state index in [0.717, 1.165) is 37.3 Å². The largest absolute Gasteiger partial charge is 0.573 e. The summed E-state index contributed by atoms with van der Waals surface area (Å²) >= 11 is 1.06. The first-order valence-electron chi connectivity index (χ1n) is 9.01. The molecule has 160 valence electrons. The Morgan fingerprint density at radius 2 is 2.00 bits per heavy atom. The normalized spacial score (nSPS) is 15.1. The van der Waals surface area contributed by atoms with Gasteiger partial charge in [0.1, 0.15) is 5.75 Å². The number of benzene rings is 1. The van der Waals surface area contributed by atoms with Gasteiger partial charge in [-0.05, 0) is 30.9 Å². The molecule has 0 radical (unpaired) electrons. The number of likely N-dealkylation sites (tertiary alicyclic amines) is 1. The maximum atomic E-state index is 12.0. The van der Waals surface area contributed by atoms with Gasteiger partial charge in [0.05, 0.1) is 16.3 Å². The Bertz CT molecular complexity index is 831. The molecule has 0 spiro atoms. The zero-order chi connectivity index (χ0) is 21.6. The molecule has 1 saturated heterocycles. The molecule has 3 rings (SSSR count). The molecule has 1 aliphatic heterocycles. The summed E-state index contributed by atoms with van der Waals surface area (Å²) in [6, 6.07) is 3.47. The van der Waals surface area contributed by atoms with Gasteiger partial charge in [-0.25, -0.2) is 4.98 Å². The second-order valence-corrected chi connectivity index (χ2v) is 7.79. The molecular weight excluding hydrogens is 409 g/mol. The highest BCUT2D eigenvalue weighted by molar-refractivity contribution is 7.22. The molecular formula is C18H23F3N4O3S. The van der Waals surface area contributed by atoms with Crippen LogP contribution in [0.5, 0.6) is 5.75 Å². The molecule has 1 atom stereocenters. The van der Waals surface area contributed by atoms with E-state index in [-0.39, 0.29) is 23.6 Å². The van der Waals surface area contributed by atoms with E-state index in [0.29, 0.717) is 21.8 Å². The number of hydrogen-bond acceptors (Lipinski definition) is 6. The summed E-state index contributed by atoms with van der Waals surface area (Å²) in [6.45, 7) is 5.77. The van der Waals surface area contributed by atoms with Gasteiger partial charge in [0.15, 0.2) is 5.13 Å². The molecule has 1 aromatic heterocycles. The van der Waals surface area contributed by atoms with E-state index in [1.54, 1.807) is 0 Å². The number of carbonyl (C=O) groups excluding carboxylic acids is 2. The number of rotatable bonds is 5. The number of hydrogen-bond donors (Lipinski definition) is 2. The molecule has 3 N–H and O–H groups in total. The lowest BCUT2D eigenvalue weighted by molar-refractivity contribution is -0.274. The number of fused-ring (bicyclic) bond motifs is 1. The van der Waals surface area contributed by atoms with E-state index in [2.05, 4.69) is 15.0 Å². The van der Waals surface area contributed by atoms with Gasteiger partial charge in [-0.3, -0.25) is 9.59 Å². The van der Waals surface area contributed by atoms with Crippen LogP contribution >= 0.6 is 11.3 Å². The van der Waals surface area contributed by atoms with Crippen molar-refractivity contribution >= 4 is 39.0 Å². The molecule has 2 aromatic rings. The smallest absolute Gasteiger partial charge is 0.406 e. The quantitative estimate of drug-likeness (QED) is 0.706. The van der Waals surface area contributed by atoms with Crippen LogP contribution in [0.4, 0.5) is 18.3 Å². The zero-order valence-corrected chi connectivity index (χ0v) is 16.8. The number of nitrogens with one attached hydrogen (secondary N) is 1. The van der Waals surface area contributed by atoms with Crippen molar-refractivity contribution in [3.05, 3.63) is 18.2 Å². The van der Waals surface area contributed by atoms with E-state index in [1.165, 1.54) is 18.2 Å². The number of alkyl halides is 3. The number of carbonyl (C=O) groups is 2. The maximum Gasteiger partial charge on any atom is 0.573 e. The van der Waals surface area contributed by atoms with Gasteiger partial charge < -0.3 is 20.7 Å². The van der Waals surface area contributed by atoms with Gasteiger partial charge in [-0.1, -0.05) is 25.2 Å². The second kappa shape index (κ2) is 9.88. The fraction of sp³-hybridized carbons (Fsp3) is 0.500. The van der Waals surface area contributed by atoms with Crippen LogP contribution in [-0.4, -0.2) is 47.7 Å². The average Bonchev–Trinajstić information content (AvgIpc) is 3.29. The highest BCUT2D eigenvalue weighted by Crippen LogP contribution is 2.31. The summed E-state index contributed by atoms with van der Waals surface area (Å²) in [5.41, 5.74) is 6.24. The van der Waals surface area contributed by atoms with E-state index in [1.807, 2.05) is 18.7 Å². The Labute approximate surface area is 170 Å². The first kappa shape index (κ1) is 22.9. The lowest BCUT2D eigenvalue weighted by Crippen LogP contribution is -2.45. The van der Waals surface area contributed by atoms with Gasteiger partial charge in [0.25, 0.3) is 0 Å². The Morgan fingerprint density at radius 1 is 1.34 bits per heavy atom. The number of nitrogens with two attached hydrogens (primary N) is 1. The topological polar surface area (TPSA) is 97.6 Å². The third-order valence-corrected chi connectivity index (χ3v) is 5.15. The summed E-state index contributed by atoms with van der Waals surface area (Å²) in [5, 5.41) is 2.65. The van der Waals surface area contributed by atoms with Crippen molar-refractivity contribution in [1.82, 2.24) is 9.88 Å². The summed E-state index contributed by atoms with van der Waals surface area (Å²) in [4.78, 5) is 27.6. The maximum absolute atomic E-state index is 12.0. The first-order valence-corrected chi connectivity index (χ1v) is 9.83. The van der Waals surface area contributed by atoms with Crippen LogP contribution in [0.3, 0.4) is 0 Å². The molecule has 0 aliphatic carbocycles. The van der Waals surface area contributed by atoms with Crippen LogP contribution < -0.4 is 15.8 Å². The molecule has 1 aliphatic rings. The van der Waals surface area contributed by atoms with Crippen LogP contribution in [0, 0.1) is 5.92 Å². The minimum Gasteiger partial charge on any atom is -0.406 e. The molecule has 2 heterocycles. The third kappa shape index (κ3) is 6.86. The van der Waals surface area contributed by atoms with Crippen molar-refractivity contribution < 1.29 is 27.5 Å². The third-order valence-electron chi connectivity index (χ3n) is 4.20. The molecule has 2 amide bonds. The number of anilines is 1. The van der Waals surface area contributed by atoms with Crippen molar-refractivity contribution in [3.63, 3.8) is 0 Å². The summed E-state index contributed by atoms with van der Waals surface area (Å²) < 4.78 is 40.2. The lowest BCUT2D eigenvalue weighted by atomic mass is 10.0. The van der Waals surface area contributed by atoms with Crippen LogP contribution in [0.1, 0.15) is 26.7 Å². The minimum atomic E-state index is -4.72. The zero-order valence-electron chi connectivity index (χ0n) is 16.0. The highest BCUT2D eigenvalue weighted by atomic mass is 32.1. The molecule has 1 aromatic carbocycles. The number of amides is 2. The predicted molar refractivity (Wildman–Crippen MR) is 105 cm³/mol. The van der Waals surface area contributed by atoms with Gasteiger partial charge in [0, 0.05) is 19.2 Å². The predicted octanol–water partition coefficient (Wildman–Crippen LogP) is 3.36. The van der Waals surface area contributed by atoms with Gasteiger partial charge in [-0.2, -0.15) is 0 Å². The summed E-state index contributed by atoms with van der Waals surface area (Å²) in [7, 11) is 0. The van der Waals surface area contributed by atoms with Crippen molar-refractivity contribution in [2.75, 3.05) is 18.4 Å². The van der Waals surface area contributed by atoms with Crippen LogP contribution in [0.25, 0.3) is 10.2 Å². The highest BCUT2D eigenvalue weighted by Gasteiger charge is 2.31. The number of halogens is 3. The molecule has 29 heavy (non-hydrogen) atoms. The number of ether oxygens (including phenoxy) is 1. The fourth-order valence-corrected chi connectivity index (χ4v) is 3.50. The minimum absolute atomic E-state index is 0.127. The number of thiazole rings is 1. The summed E-state index contributed by atoms with van der Waals surface area (Å²) in [6.07, 6.45) is -2.00. The van der Waals surface area contributed by atoms with Crippen molar-refractivity contribution in [2.45, 2.75) is 39.1 Å². The Hall–Kier alpha value is -2.40. The molecule has 1 unspecified atom stereocenters. The number of nitrogens with zero attached hydrogens (tertiary/aromatic N) is 2. The number of aromatic nitrogens is 1. The lowest BCUT2D eigenvalue weighted by Gasteiger charge is -2.22. The van der Waals surface area contributed by atoms with Crippen molar-refractivity contribution in [2.24, 2.45) is 11.7 Å². The Morgan fingerprint density at radius 3 is 2.55 bits per heavy atom. The van der Waals surface area contributed by atoms with Gasteiger partial charge >= 0.3 is 6.36 Å². The van der Waals surface area contributed by atoms with E-state index in [4.69, 9.17) is 5.73 Å². The van der Waals surface area contributed by atoms with E-state index >= 15 is 0 Å². The molecule has 0 bridgehead atoms. The van der Waals surface area contributed by atoms with Crippen LogP contribution in [0.15, 0.2) is 18.2 Å². The Kier molecular flexibility index (Phi) is 7.80. The molecule has 1 fully saturated rings. The molecule has 7 nitrogen and oxygen atoms in total. The van der Waals surface area contributed by atoms with Crippen LogP contribution in [0.2, 0.25) is 0 Å². The fourth-order valence-electron chi connectivity index (χ4n) is 2.65. The standard InChI is InChI=1S/C9H5F3N2O2S.C9H18N2O/c10-9(11,12)16-5-1-2-6-7(3-5)17-8(14-6)13-4-15;1-7(2)8(10)9(12)11-5-3-4-6-11/h1-4H,(H,13,14,15);7-8H,3-6,10H2,1-2H3. The Balaban J connectivity index is 0.000000221. The van der Waals surface area contributed by atoms with Gasteiger partial charge in [-0.15, -0.1) is 13.2 Å². The van der Waals surface area contributed by atoms with E-state index in [9.17, 15) is 22.8 Å². The summed E-state index contributed by atoms with van der Waals surface area (Å²) in [5.74, 6) is 0.0619. The van der Waals surface area contributed by atoms with Crippen molar-refractivity contribution in [1.29, 1.82) is 0 Å². The molecule has 0 saturated carbocycles. The van der Waals surface area contributed by atoms with Gasteiger partial charge in [0.2, 0.25) is 12.3 Å². The first-order chi connectivity index (χ1) is 13.6. The average molecular weight is 432 g/mol. The monoisotopic (exact) mass is 432 g/mol. The second-order valence-electron chi connectivity index (χ2n) is 6.76. The van der Waals surface area contributed by atoms with Crippen molar-refractivity contribution in [3.8, 4) is 5.75 Å².